The number of halogens is 1. The number of ether oxygens (including phenoxy) is 1. The molecule has 0 radical (unpaired) electrons. The van der Waals surface area contributed by atoms with Crippen molar-refractivity contribution in [3.05, 3.63) is 47.5 Å². The second-order valence-electron chi connectivity index (χ2n) is 5.01. The molecule has 2 N–H and O–H groups in total. The van der Waals surface area contributed by atoms with Crippen LogP contribution in [0.3, 0.4) is 0 Å². The zero-order valence-electron chi connectivity index (χ0n) is 12.3. The number of anilines is 3. The summed E-state index contributed by atoms with van der Waals surface area (Å²) < 4.78 is 5.38. The van der Waals surface area contributed by atoms with Crippen LogP contribution in [0.25, 0.3) is 0 Å². The Morgan fingerprint density at radius 3 is 2.65 bits per heavy atom. The van der Waals surface area contributed by atoms with E-state index in [2.05, 4.69) is 10.6 Å². The molecule has 2 aromatic carbocycles. The second kappa shape index (κ2) is 6.18. The molecular weight excluding hydrogens is 318 g/mol. The van der Waals surface area contributed by atoms with E-state index in [0.717, 1.165) is 0 Å². The first-order valence-electron chi connectivity index (χ1n) is 6.90. The largest absolute Gasteiger partial charge is 0.481 e. The molecule has 0 bridgehead atoms. The fourth-order valence-corrected chi connectivity index (χ4v) is 2.41. The van der Waals surface area contributed by atoms with Gasteiger partial charge in [0.05, 0.1) is 5.69 Å². The van der Waals surface area contributed by atoms with Gasteiger partial charge in [0.25, 0.3) is 5.91 Å². The van der Waals surface area contributed by atoms with Crippen LogP contribution in [0, 0.1) is 0 Å². The Morgan fingerprint density at radius 1 is 1.17 bits per heavy atom. The molecule has 3 amide bonds. The van der Waals surface area contributed by atoms with Crippen molar-refractivity contribution < 1.29 is 14.3 Å². The minimum atomic E-state index is -0.396. The normalized spacial score (nSPS) is 13.1. The fourth-order valence-electron chi connectivity index (χ4n) is 2.21. The molecule has 0 unspecified atom stereocenters. The van der Waals surface area contributed by atoms with Crippen LogP contribution < -0.4 is 20.3 Å². The number of benzene rings is 2. The molecular formula is C16H14ClN3O3. The molecule has 0 atom stereocenters. The Bertz CT molecular complexity index is 779. The Hall–Kier alpha value is -2.73. The van der Waals surface area contributed by atoms with Crippen molar-refractivity contribution in [2.75, 3.05) is 29.2 Å². The SMILES string of the molecule is CN1C(=O)COc2cc(NC(=O)Nc3cccc(Cl)c3)ccc21. The first-order valence-corrected chi connectivity index (χ1v) is 7.28. The Kier molecular flexibility index (Phi) is 4.08. The highest BCUT2D eigenvalue weighted by molar-refractivity contribution is 6.30. The predicted octanol–water partition coefficient (Wildman–Crippen LogP) is 3.34. The summed E-state index contributed by atoms with van der Waals surface area (Å²) in [6.45, 7) is -0.0122. The molecule has 7 heteroatoms. The van der Waals surface area contributed by atoms with E-state index in [4.69, 9.17) is 16.3 Å². The third-order valence-corrected chi connectivity index (χ3v) is 3.62. The summed E-state index contributed by atoms with van der Waals surface area (Å²) in [6, 6.07) is 11.6. The second-order valence-corrected chi connectivity index (χ2v) is 5.45. The number of carbonyl (C=O) groups excluding carboxylic acids is 2. The average Bonchev–Trinajstić information content (AvgIpc) is 2.51. The summed E-state index contributed by atoms with van der Waals surface area (Å²) in [5.41, 5.74) is 1.82. The number of likely N-dealkylation sites (N-methyl/N-ethyl adjacent to an activating group) is 1. The summed E-state index contributed by atoms with van der Waals surface area (Å²) in [5.74, 6) is 0.435. The lowest BCUT2D eigenvalue weighted by molar-refractivity contribution is -0.120. The molecule has 1 heterocycles. The number of amides is 3. The molecule has 0 fully saturated rings. The van der Waals surface area contributed by atoms with Crippen LogP contribution in [0.1, 0.15) is 0 Å². The highest BCUT2D eigenvalue weighted by atomic mass is 35.5. The monoisotopic (exact) mass is 331 g/mol. The van der Waals surface area contributed by atoms with Gasteiger partial charge in [0.1, 0.15) is 5.75 Å². The standard InChI is InChI=1S/C16H14ClN3O3/c1-20-13-6-5-12(8-14(13)23-9-15(20)21)19-16(22)18-11-4-2-3-10(17)7-11/h2-8H,9H2,1H3,(H2,18,19,22). The van der Waals surface area contributed by atoms with Crippen molar-refractivity contribution in [1.29, 1.82) is 0 Å². The summed E-state index contributed by atoms with van der Waals surface area (Å²) >= 11 is 5.87. The van der Waals surface area contributed by atoms with Crippen LogP contribution in [-0.2, 0) is 4.79 Å². The molecule has 0 aliphatic carbocycles. The topological polar surface area (TPSA) is 70.7 Å². The van der Waals surface area contributed by atoms with Crippen molar-refractivity contribution in [1.82, 2.24) is 0 Å². The van der Waals surface area contributed by atoms with Crippen molar-refractivity contribution in [2.45, 2.75) is 0 Å². The van der Waals surface area contributed by atoms with E-state index in [1.54, 1.807) is 49.5 Å². The number of nitrogens with zero attached hydrogens (tertiary/aromatic N) is 1. The van der Waals surface area contributed by atoms with Crippen LogP contribution in [0.15, 0.2) is 42.5 Å². The lowest BCUT2D eigenvalue weighted by Gasteiger charge is -2.26. The highest BCUT2D eigenvalue weighted by Gasteiger charge is 2.22. The summed E-state index contributed by atoms with van der Waals surface area (Å²) in [6.07, 6.45) is 0. The van der Waals surface area contributed by atoms with E-state index in [-0.39, 0.29) is 12.5 Å². The molecule has 6 nitrogen and oxygen atoms in total. The lowest BCUT2D eigenvalue weighted by Crippen LogP contribution is -2.35. The molecule has 1 aliphatic rings. The van der Waals surface area contributed by atoms with Gasteiger partial charge in [-0.15, -0.1) is 0 Å². The van der Waals surface area contributed by atoms with E-state index in [9.17, 15) is 9.59 Å². The Morgan fingerprint density at radius 2 is 1.91 bits per heavy atom. The number of hydrogen-bond donors (Lipinski definition) is 2. The lowest BCUT2D eigenvalue weighted by atomic mass is 10.2. The molecule has 118 valence electrons. The number of fused-ring (bicyclic) bond motifs is 1. The first kappa shape index (κ1) is 15.2. The van der Waals surface area contributed by atoms with Crippen molar-refractivity contribution in [3.8, 4) is 5.75 Å². The third kappa shape index (κ3) is 3.37. The molecule has 1 aliphatic heterocycles. The van der Waals surface area contributed by atoms with Crippen molar-refractivity contribution >= 4 is 40.6 Å². The molecule has 23 heavy (non-hydrogen) atoms. The molecule has 0 spiro atoms. The summed E-state index contributed by atoms with van der Waals surface area (Å²) in [7, 11) is 1.68. The van der Waals surface area contributed by atoms with Gasteiger partial charge in [0.2, 0.25) is 0 Å². The maximum absolute atomic E-state index is 12.0. The molecule has 0 aromatic heterocycles. The average molecular weight is 332 g/mol. The third-order valence-electron chi connectivity index (χ3n) is 3.39. The van der Waals surface area contributed by atoms with Crippen LogP contribution in [-0.4, -0.2) is 25.6 Å². The Balaban J connectivity index is 1.71. The fraction of sp³-hybridized carbons (Fsp3) is 0.125. The maximum Gasteiger partial charge on any atom is 0.323 e. The van der Waals surface area contributed by atoms with Crippen molar-refractivity contribution in [3.63, 3.8) is 0 Å². The van der Waals surface area contributed by atoms with Gasteiger partial charge in [-0.2, -0.15) is 0 Å². The van der Waals surface area contributed by atoms with Gasteiger partial charge in [0, 0.05) is 29.5 Å². The van der Waals surface area contributed by atoms with Gasteiger partial charge in [-0.05, 0) is 30.3 Å². The smallest absolute Gasteiger partial charge is 0.323 e. The minimum absolute atomic E-state index is 0.0122. The molecule has 3 rings (SSSR count). The van der Waals surface area contributed by atoms with E-state index >= 15 is 0 Å². The van der Waals surface area contributed by atoms with Gasteiger partial charge >= 0.3 is 6.03 Å². The minimum Gasteiger partial charge on any atom is -0.481 e. The number of urea groups is 1. The number of rotatable bonds is 2. The van der Waals surface area contributed by atoms with Crippen molar-refractivity contribution in [2.24, 2.45) is 0 Å². The van der Waals surface area contributed by atoms with Gasteiger partial charge in [-0.3, -0.25) is 4.79 Å². The Labute approximate surface area is 138 Å². The molecule has 0 saturated carbocycles. The maximum atomic E-state index is 12.0. The predicted molar refractivity (Wildman–Crippen MR) is 89.4 cm³/mol. The van der Waals surface area contributed by atoms with Gasteiger partial charge in [0.15, 0.2) is 6.61 Å². The van der Waals surface area contributed by atoms with E-state index in [1.807, 2.05) is 0 Å². The first-order chi connectivity index (χ1) is 11.0. The molecule has 0 saturated heterocycles. The van der Waals surface area contributed by atoms with Crippen LogP contribution in [0.4, 0.5) is 21.9 Å². The quantitative estimate of drug-likeness (QED) is 0.886. The summed E-state index contributed by atoms with van der Waals surface area (Å²) in [5, 5.41) is 5.94. The van der Waals surface area contributed by atoms with E-state index in [0.29, 0.717) is 27.8 Å². The summed E-state index contributed by atoms with van der Waals surface area (Å²) in [4.78, 5) is 25.1. The van der Waals surface area contributed by atoms with Gasteiger partial charge < -0.3 is 20.3 Å². The van der Waals surface area contributed by atoms with E-state index < -0.39 is 6.03 Å². The number of hydrogen-bond acceptors (Lipinski definition) is 3. The number of carbonyl (C=O) groups is 2. The van der Waals surface area contributed by atoms with Crippen LogP contribution >= 0.6 is 11.6 Å². The zero-order valence-corrected chi connectivity index (χ0v) is 13.1. The molecule has 2 aromatic rings. The van der Waals surface area contributed by atoms with E-state index in [1.165, 1.54) is 4.90 Å². The van der Waals surface area contributed by atoms with Gasteiger partial charge in [-0.1, -0.05) is 17.7 Å². The zero-order chi connectivity index (χ0) is 16.4. The number of nitrogens with one attached hydrogen (secondary N) is 2. The van der Waals surface area contributed by atoms with Crippen LogP contribution in [0.2, 0.25) is 5.02 Å². The van der Waals surface area contributed by atoms with Crippen LogP contribution in [0.5, 0.6) is 5.75 Å². The highest BCUT2D eigenvalue weighted by Crippen LogP contribution is 2.33. The van der Waals surface area contributed by atoms with Gasteiger partial charge in [-0.25, -0.2) is 4.79 Å².